The molecule has 0 radical (unpaired) electrons. The van der Waals surface area contributed by atoms with E-state index in [0.29, 0.717) is 23.9 Å². The number of ether oxygens (including phenoxy) is 1. The largest absolute Gasteiger partial charge is 0.497 e. The highest BCUT2D eigenvalue weighted by Crippen LogP contribution is 2.32. The molecule has 6 rings (SSSR count). The highest BCUT2D eigenvalue weighted by atomic mass is 16.5. The first kappa shape index (κ1) is 26.9. The summed E-state index contributed by atoms with van der Waals surface area (Å²) in [7, 11) is 1.66. The van der Waals surface area contributed by atoms with Gasteiger partial charge in [-0.25, -0.2) is 4.68 Å². The van der Waals surface area contributed by atoms with E-state index < -0.39 is 0 Å². The highest BCUT2D eigenvalue weighted by Gasteiger charge is 2.33. The molecule has 8 heteroatoms. The molecule has 1 atom stereocenters. The number of fused-ring (bicyclic) bond motifs is 1. The molecule has 8 nitrogen and oxygen atoms in total. The predicted molar refractivity (Wildman–Crippen MR) is 160 cm³/mol. The number of benzene rings is 3. The maximum absolute atomic E-state index is 13.7. The summed E-state index contributed by atoms with van der Waals surface area (Å²) in [4.78, 5) is 19.2. The Bertz CT molecular complexity index is 1690. The molecule has 0 amide bonds. The van der Waals surface area contributed by atoms with Crippen LogP contribution in [0.2, 0.25) is 0 Å². The Labute approximate surface area is 240 Å². The fraction of sp³-hybridized carbons (Fsp3) is 0.333. The third-order valence-corrected chi connectivity index (χ3v) is 8.46. The van der Waals surface area contributed by atoms with E-state index in [2.05, 4.69) is 75.7 Å². The van der Waals surface area contributed by atoms with E-state index in [4.69, 9.17) is 4.74 Å². The van der Waals surface area contributed by atoms with Gasteiger partial charge >= 0.3 is 0 Å². The summed E-state index contributed by atoms with van der Waals surface area (Å²) in [5.74, 6) is 2.08. The van der Waals surface area contributed by atoms with Gasteiger partial charge in [0.1, 0.15) is 11.8 Å². The van der Waals surface area contributed by atoms with E-state index >= 15 is 0 Å². The number of aromatic nitrogens is 5. The zero-order valence-electron chi connectivity index (χ0n) is 23.9. The van der Waals surface area contributed by atoms with Crippen molar-refractivity contribution < 1.29 is 4.74 Å². The Morgan fingerprint density at radius 1 is 0.951 bits per heavy atom. The molecule has 0 spiro atoms. The third kappa shape index (κ3) is 5.79. The monoisotopic (exact) mass is 548 g/mol. The van der Waals surface area contributed by atoms with Gasteiger partial charge in [0.05, 0.1) is 13.7 Å². The van der Waals surface area contributed by atoms with Crippen molar-refractivity contribution in [3.8, 4) is 5.75 Å². The van der Waals surface area contributed by atoms with Crippen LogP contribution in [-0.4, -0.2) is 50.3 Å². The number of rotatable bonds is 8. The molecule has 1 unspecified atom stereocenters. The molecule has 2 aromatic heterocycles. The molecule has 1 aliphatic rings. The van der Waals surface area contributed by atoms with Crippen LogP contribution in [0.5, 0.6) is 5.75 Å². The van der Waals surface area contributed by atoms with E-state index in [1.165, 1.54) is 11.1 Å². The molecular formula is C33H36N6O2. The number of aromatic amines is 1. The SMILES string of the molecule is COc1ccc(Cn2nnnc2C(c2cc3cc(C)c(C)cc3[nH]c2=O)N2CCC(Cc3ccccc3)CC2)cc1. The normalized spacial score (nSPS) is 15.3. The van der Waals surface area contributed by atoms with E-state index in [1.807, 2.05) is 41.1 Å². The number of likely N-dealkylation sites (tertiary alicyclic amines) is 1. The van der Waals surface area contributed by atoms with Gasteiger partial charge in [-0.05, 0) is 121 Å². The Hall–Kier alpha value is -4.30. The van der Waals surface area contributed by atoms with E-state index in [-0.39, 0.29) is 11.6 Å². The third-order valence-electron chi connectivity index (χ3n) is 8.46. The molecule has 3 aromatic carbocycles. The lowest BCUT2D eigenvalue weighted by Gasteiger charge is -2.37. The van der Waals surface area contributed by atoms with Crippen LogP contribution < -0.4 is 10.3 Å². The first-order valence-corrected chi connectivity index (χ1v) is 14.3. The van der Waals surface area contributed by atoms with Crippen LogP contribution in [0.4, 0.5) is 0 Å². The maximum Gasteiger partial charge on any atom is 0.253 e. The molecular weight excluding hydrogens is 512 g/mol. The van der Waals surface area contributed by atoms with Gasteiger partial charge < -0.3 is 9.72 Å². The molecule has 1 saturated heterocycles. The molecule has 0 saturated carbocycles. The molecule has 210 valence electrons. The van der Waals surface area contributed by atoms with E-state index in [9.17, 15) is 4.79 Å². The second-order valence-corrected chi connectivity index (χ2v) is 11.2. The van der Waals surface area contributed by atoms with Crippen LogP contribution >= 0.6 is 0 Å². The Morgan fingerprint density at radius 3 is 2.41 bits per heavy atom. The number of tetrazole rings is 1. The number of hydrogen-bond donors (Lipinski definition) is 1. The van der Waals surface area contributed by atoms with Crippen LogP contribution in [0.15, 0.2) is 77.6 Å². The molecule has 3 heterocycles. The Morgan fingerprint density at radius 2 is 1.68 bits per heavy atom. The van der Waals surface area contributed by atoms with Crippen molar-refractivity contribution in [3.63, 3.8) is 0 Å². The number of methoxy groups -OCH3 is 1. The lowest BCUT2D eigenvalue weighted by Crippen LogP contribution is -2.41. The van der Waals surface area contributed by atoms with Crippen LogP contribution in [0.25, 0.3) is 10.9 Å². The minimum absolute atomic E-state index is 0.101. The number of H-pyrrole nitrogens is 1. The molecule has 41 heavy (non-hydrogen) atoms. The summed E-state index contributed by atoms with van der Waals surface area (Å²) in [6.45, 7) is 6.39. The number of piperidine rings is 1. The molecule has 5 aromatic rings. The lowest BCUT2D eigenvalue weighted by molar-refractivity contribution is 0.143. The average Bonchev–Trinajstić information content (AvgIpc) is 3.44. The fourth-order valence-electron chi connectivity index (χ4n) is 5.98. The van der Waals surface area contributed by atoms with Crippen LogP contribution in [0.3, 0.4) is 0 Å². The number of nitrogens with one attached hydrogen (secondary N) is 1. The van der Waals surface area contributed by atoms with Gasteiger partial charge in [-0.15, -0.1) is 5.10 Å². The number of nitrogens with zero attached hydrogens (tertiary/aromatic N) is 5. The standard InChI is InChI=1S/C33H36N6O2/c1-22-17-27-20-29(33(40)34-30(27)18-23(22)2)31(38-15-13-25(14-16-38)19-24-7-5-4-6-8-24)32-35-36-37-39(32)21-26-9-11-28(41-3)12-10-26/h4-12,17-18,20,25,31H,13-16,19,21H2,1-3H3,(H,34,40). The van der Waals surface area contributed by atoms with Gasteiger partial charge in [0, 0.05) is 11.1 Å². The summed E-state index contributed by atoms with van der Waals surface area (Å²) in [5.41, 5.74) is 6.20. The number of pyridine rings is 1. The van der Waals surface area contributed by atoms with Gasteiger partial charge in [0.15, 0.2) is 5.82 Å². The second-order valence-electron chi connectivity index (χ2n) is 11.2. The zero-order valence-corrected chi connectivity index (χ0v) is 23.9. The Kier molecular flexibility index (Phi) is 7.65. The van der Waals surface area contributed by atoms with Crippen molar-refractivity contribution in [2.75, 3.05) is 20.2 Å². The quantitative estimate of drug-likeness (QED) is 0.286. The minimum atomic E-state index is -0.365. The van der Waals surface area contributed by atoms with E-state index in [1.54, 1.807) is 7.11 Å². The van der Waals surface area contributed by atoms with E-state index in [0.717, 1.165) is 60.1 Å². The predicted octanol–water partition coefficient (Wildman–Crippen LogP) is 5.23. The highest BCUT2D eigenvalue weighted by molar-refractivity contribution is 5.81. The van der Waals surface area contributed by atoms with Crippen LogP contribution in [-0.2, 0) is 13.0 Å². The zero-order chi connectivity index (χ0) is 28.3. The van der Waals surface area contributed by atoms with Crippen molar-refractivity contribution in [1.29, 1.82) is 0 Å². The topological polar surface area (TPSA) is 88.9 Å². The Balaban J connectivity index is 1.35. The molecule has 1 fully saturated rings. The van der Waals surface area contributed by atoms with Gasteiger partial charge in [-0.1, -0.05) is 42.5 Å². The summed E-state index contributed by atoms with van der Waals surface area (Å²) in [6.07, 6.45) is 3.17. The van der Waals surface area contributed by atoms with Gasteiger partial charge in [0.25, 0.3) is 5.56 Å². The van der Waals surface area contributed by atoms with Gasteiger partial charge in [-0.2, -0.15) is 0 Å². The van der Waals surface area contributed by atoms with Crippen molar-refractivity contribution in [2.24, 2.45) is 5.92 Å². The summed E-state index contributed by atoms with van der Waals surface area (Å²) < 4.78 is 7.15. The molecule has 1 aliphatic heterocycles. The number of aryl methyl sites for hydroxylation is 2. The van der Waals surface area contributed by atoms with Crippen molar-refractivity contribution in [2.45, 2.75) is 45.7 Å². The van der Waals surface area contributed by atoms with Gasteiger partial charge in [-0.3, -0.25) is 9.69 Å². The summed E-state index contributed by atoms with van der Waals surface area (Å²) >= 11 is 0. The fourth-order valence-corrected chi connectivity index (χ4v) is 5.98. The number of hydrogen-bond acceptors (Lipinski definition) is 6. The molecule has 0 aliphatic carbocycles. The van der Waals surface area contributed by atoms with Crippen molar-refractivity contribution in [1.82, 2.24) is 30.1 Å². The smallest absolute Gasteiger partial charge is 0.253 e. The van der Waals surface area contributed by atoms with Crippen molar-refractivity contribution >= 4 is 10.9 Å². The maximum atomic E-state index is 13.7. The van der Waals surface area contributed by atoms with Crippen LogP contribution in [0.1, 0.15) is 52.5 Å². The summed E-state index contributed by atoms with van der Waals surface area (Å²) in [5, 5.41) is 14.0. The second kappa shape index (κ2) is 11.7. The lowest BCUT2D eigenvalue weighted by atomic mass is 9.89. The van der Waals surface area contributed by atoms with Gasteiger partial charge in [0.2, 0.25) is 0 Å². The molecule has 1 N–H and O–H groups in total. The average molecular weight is 549 g/mol. The van der Waals surface area contributed by atoms with Crippen LogP contribution in [0, 0.1) is 19.8 Å². The summed E-state index contributed by atoms with van der Waals surface area (Å²) in [6, 6.07) is 24.5. The molecule has 0 bridgehead atoms. The minimum Gasteiger partial charge on any atom is -0.497 e. The van der Waals surface area contributed by atoms with Crippen molar-refractivity contribution in [3.05, 3.63) is 117 Å². The first-order chi connectivity index (χ1) is 20.0. The first-order valence-electron chi connectivity index (χ1n) is 14.3.